The number of hydrogen-bond acceptors (Lipinski definition) is 4. The summed E-state index contributed by atoms with van der Waals surface area (Å²) in [5, 5.41) is 3.42. The lowest BCUT2D eigenvalue weighted by atomic mass is 10.0. The van der Waals surface area contributed by atoms with Gasteiger partial charge in [0.25, 0.3) is 0 Å². The van der Waals surface area contributed by atoms with E-state index < -0.39 is 0 Å². The Kier molecular flexibility index (Phi) is 2.93. The molecule has 2 heterocycles. The maximum atomic E-state index is 5.80. The van der Waals surface area contributed by atoms with Gasteiger partial charge in [0.05, 0.1) is 18.9 Å². The van der Waals surface area contributed by atoms with Crippen LogP contribution in [0.15, 0.2) is 4.42 Å². The van der Waals surface area contributed by atoms with Crippen LogP contribution in [0.2, 0.25) is 0 Å². The predicted octanol–water partition coefficient (Wildman–Crippen LogP) is 1.08. The standard InChI is InChI=1S/C12H18N2O2/c1-2-4-11-10(3-1)14-12(16-11)7-9-8-15-6-5-13-9/h9,13H,1-8H2. The van der Waals surface area contributed by atoms with Gasteiger partial charge in [0.15, 0.2) is 5.89 Å². The van der Waals surface area contributed by atoms with E-state index in [0.29, 0.717) is 6.04 Å². The minimum Gasteiger partial charge on any atom is -0.445 e. The second kappa shape index (κ2) is 4.55. The van der Waals surface area contributed by atoms with E-state index in [4.69, 9.17) is 9.15 Å². The second-order valence-electron chi connectivity index (χ2n) is 4.61. The third-order valence-electron chi connectivity index (χ3n) is 3.31. The maximum absolute atomic E-state index is 5.80. The van der Waals surface area contributed by atoms with Gasteiger partial charge in [0.1, 0.15) is 5.76 Å². The molecule has 0 amide bonds. The van der Waals surface area contributed by atoms with Gasteiger partial charge >= 0.3 is 0 Å². The summed E-state index contributed by atoms with van der Waals surface area (Å²) in [6, 6.07) is 0.369. The van der Waals surface area contributed by atoms with E-state index in [2.05, 4.69) is 10.3 Å². The van der Waals surface area contributed by atoms with Crippen molar-refractivity contribution >= 4 is 0 Å². The fraction of sp³-hybridized carbons (Fsp3) is 0.750. The molecule has 1 aromatic rings. The highest BCUT2D eigenvalue weighted by atomic mass is 16.5. The van der Waals surface area contributed by atoms with Crippen LogP contribution in [-0.2, 0) is 24.0 Å². The Morgan fingerprint density at radius 2 is 2.25 bits per heavy atom. The highest BCUT2D eigenvalue weighted by Gasteiger charge is 2.20. The van der Waals surface area contributed by atoms with Crippen LogP contribution in [0.25, 0.3) is 0 Å². The summed E-state index contributed by atoms with van der Waals surface area (Å²) < 4.78 is 11.2. The van der Waals surface area contributed by atoms with E-state index in [1.807, 2.05) is 0 Å². The Bertz CT molecular complexity index is 332. The van der Waals surface area contributed by atoms with Gasteiger partial charge in [0, 0.05) is 25.4 Å². The van der Waals surface area contributed by atoms with Crippen molar-refractivity contribution in [2.45, 2.75) is 38.1 Å². The fourth-order valence-corrected chi connectivity index (χ4v) is 2.45. The van der Waals surface area contributed by atoms with Crippen LogP contribution in [0.3, 0.4) is 0 Å². The molecule has 1 aliphatic carbocycles. The largest absolute Gasteiger partial charge is 0.445 e. The quantitative estimate of drug-likeness (QED) is 0.813. The number of aryl methyl sites for hydroxylation is 2. The molecule has 88 valence electrons. The fourth-order valence-electron chi connectivity index (χ4n) is 2.45. The summed E-state index contributed by atoms with van der Waals surface area (Å²) in [5.74, 6) is 2.01. The number of nitrogens with one attached hydrogen (secondary N) is 1. The zero-order chi connectivity index (χ0) is 10.8. The van der Waals surface area contributed by atoms with Crippen LogP contribution in [0.1, 0.15) is 30.2 Å². The van der Waals surface area contributed by atoms with E-state index in [1.165, 1.54) is 18.5 Å². The van der Waals surface area contributed by atoms with Crippen LogP contribution in [-0.4, -0.2) is 30.8 Å². The average Bonchev–Trinajstić information content (AvgIpc) is 2.72. The molecule has 0 bridgehead atoms. The first-order valence-corrected chi connectivity index (χ1v) is 6.20. The summed E-state index contributed by atoms with van der Waals surface area (Å²) in [4.78, 5) is 4.58. The maximum Gasteiger partial charge on any atom is 0.196 e. The van der Waals surface area contributed by atoms with Gasteiger partial charge in [-0.05, 0) is 19.3 Å². The molecule has 1 aromatic heterocycles. The van der Waals surface area contributed by atoms with E-state index in [0.717, 1.165) is 50.7 Å². The van der Waals surface area contributed by atoms with Gasteiger partial charge in [-0.25, -0.2) is 4.98 Å². The summed E-state index contributed by atoms with van der Waals surface area (Å²) in [6.45, 7) is 2.52. The number of rotatable bonds is 2. The molecule has 1 aliphatic heterocycles. The minimum absolute atomic E-state index is 0.369. The molecule has 1 N–H and O–H groups in total. The van der Waals surface area contributed by atoms with Crippen LogP contribution >= 0.6 is 0 Å². The average molecular weight is 222 g/mol. The normalized spacial score (nSPS) is 25.4. The minimum atomic E-state index is 0.369. The monoisotopic (exact) mass is 222 g/mol. The van der Waals surface area contributed by atoms with Crippen molar-refractivity contribution in [3.8, 4) is 0 Å². The van der Waals surface area contributed by atoms with Crippen molar-refractivity contribution in [2.75, 3.05) is 19.8 Å². The summed E-state index contributed by atoms with van der Waals surface area (Å²) in [6.07, 6.45) is 5.51. The lowest BCUT2D eigenvalue weighted by molar-refractivity contribution is 0.0748. The van der Waals surface area contributed by atoms with Crippen LogP contribution < -0.4 is 5.32 Å². The molecule has 0 radical (unpaired) electrons. The predicted molar refractivity (Wildman–Crippen MR) is 59.5 cm³/mol. The molecule has 0 aromatic carbocycles. The molecule has 16 heavy (non-hydrogen) atoms. The molecule has 0 spiro atoms. The molecule has 4 nitrogen and oxygen atoms in total. The Morgan fingerprint density at radius 3 is 3.06 bits per heavy atom. The molecule has 1 fully saturated rings. The molecule has 3 rings (SSSR count). The summed E-state index contributed by atoms with van der Waals surface area (Å²) >= 11 is 0. The molecule has 1 saturated heterocycles. The molecule has 2 aliphatic rings. The van der Waals surface area contributed by atoms with Crippen molar-refractivity contribution in [1.82, 2.24) is 10.3 Å². The second-order valence-corrected chi connectivity index (χ2v) is 4.61. The van der Waals surface area contributed by atoms with E-state index >= 15 is 0 Å². The number of morpholine rings is 1. The first-order chi connectivity index (χ1) is 7.92. The lowest BCUT2D eigenvalue weighted by Gasteiger charge is -2.22. The molecule has 1 atom stereocenters. The zero-order valence-electron chi connectivity index (χ0n) is 9.50. The summed E-state index contributed by atoms with van der Waals surface area (Å²) in [7, 11) is 0. The summed E-state index contributed by atoms with van der Waals surface area (Å²) in [5.41, 5.74) is 1.19. The molecule has 4 heteroatoms. The van der Waals surface area contributed by atoms with Gasteiger partial charge < -0.3 is 14.5 Å². The molecule has 0 saturated carbocycles. The highest BCUT2D eigenvalue weighted by molar-refractivity contribution is 5.13. The molecular formula is C12H18N2O2. The van der Waals surface area contributed by atoms with E-state index in [1.54, 1.807) is 0 Å². The van der Waals surface area contributed by atoms with Crippen LogP contribution in [0.5, 0.6) is 0 Å². The number of ether oxygens (including phenoxy) is 1. The van der Waals surface area contributed by atoms with Gasteiger partial charge in [-0.15, -0.1) is 0 Å². The van der Waals surface area contributed by atoms with Gasteiger partial charge in [0.2, 0.25) is 0 Å². The highest BCUT2D eigenvalue weighted by Crippen LogP contribution is 2.22. The third-order valence-corrected chi connectivity index (χ3v) is 3.31. The number of nitrogens with zero attached hydrogens (tertiary/aromatic N) is 1. The first kappa shape index (κ1) is 10.3. The third kappa shape index (κ3) is 2.13. The number of hydrogen-bond donors (Lipinski definition) is 1. The lowest BCUT2D eigenvalue weighted by Crippen LogP contribution is -2.42. The van der Waals surface area contributed by atoms with Crippen molar-refractivity contribution < 1.29 is 9.15 Å². The number of aromatic nitrogens is 1. The van der Waals surface area contributed by atoms with Crippen molar-refractivity contribution in [2.24, 2.45) is 0 Å². The number of oxazole rings is 1. The number of fused-ring (bicyclic) bond motifs is 1. The Balaban J connectivity index is 1.67. The Morgan fingerprint density at radius 1 is 1.31 bits per heavy atom. The molecular weight excluding hydrogens is 204 g/mol. The van der Waals surface area contributed by atoms with E-state index in [9.17, 15) is 0 Å². The first-order valence-electron chi connectivity index (χ1n) is 6.20. The SMILES string of the molecule is C1CCc2oc(CC3COCCN3)nc2C1. The van der Waals surface area contributed by atoms with E-state index in [-0.39, 0.29) is 0 Å². The Labute approximate surface area is 95.4 Å². The zero-order valence-corrected chi connectivity index (χ0v) is 9.50. The molecule has 1 unspecified atom stereocenters. The van der Waals surface area contributed by atoms with Crippen molar-refractivity contribution in [3.05, 3.63) is 17.3 Å². The van der Waals surface area contributed by atoms with Crippen molar-refractivity contribution in [1.29, 1.82) is 0 Å². The van der Waals surface area contributed by atoms with Gasteiger partial charge in [-0.3, -0.25) is 0 Å². The topological polar surface area (TPSA) is 47.3 Å². The smallest absolute Gasteiger partial charge is 0.196 e. The van der Waals surface area contributed by atoms with Crippen LogP contribution in [0, 0.1) is 0 Å². The van der Waals surface area contributed by atoms with Gasteiger partial charge in [-0.1, -0.05) is 0 Å². The van der Waals surface area contributed by atoms with Crippen LogP contribution in [0.4, 0.5) is 0 Å². The van der Waals surface area contributed by atoms with Gasteiger partial charge in [-0.2, -0.15) is 0 Å². The Hall–Kier alpha value is -0.870. The van der Waals surface area contributed by atoms with Crippen molar-refractivity contribution in [3.63, 3.8) is 0 Å².